The van der Waals surface area contributed by atoms with Gasteiger partial charge in [-0.25, -0.2) is 0 Å². The number of carbonyl (C=O) groups is 1. The fourth-order valence-electron chi connectivity index (χ4n) is 2.01. The molecule has 0 radical (unpaired) electrons. The third-order valence-electron chi connectivity index (χ3n) is 3.08. The second kappa shape index (κ2) is 7.25. The number of nitrogens with zero attached hydrogens (tertiary/aromatic N) is 1. The monoisotopic (exact) mass is 302 g/mol. The van der Waals surface area contributed by atoms with Gasteiger partial charge in [0.15, 0.2) is 0 Å². The minimum Gasteiger partial charge on any atom is -0.322 e. The van der Waals surface area contributed by atoms with Gasteiger partial charge < -0.3 is 10.2 Å². The van der Waals surface area contributed by atoms with Gasteiger partial charge in [0.2, 0.25) is 0 Å². The molecule has 0 unspecified atom stereocenters. The lowest BCUT2D eigenvalue weighted by atomic mass is 10.1. The van der Waals surface area contributed by atoms with E-state index in [4.69, 9.17) is 11.6 Å². The molecule has 0 fully saturated rings. The smallest absolute Gasteiger partial charge is 0.255 e. The molecule has 110 valence electrons. The molecule has 0 spiro atoms. The van der Waals surface area contributed by atoms with Crippen molar-refractivity contribution < 1.29 is 4.79 Å². The molecule has 1 N–H and O–H groups in total. The van der Waals surface area contributed by atoms with E-state index in [0.29, 0.717) is 11.4 Å². The third kappa shape index (κ3) is 4.59. The van der Waals surface area contributed by atoms with Gasteiger partial charge in [0, 0.05) is 23.7 Å². The van der Waals surface area contributed by atoms with Crippen molar-refractivity contribution >= 4 is 23.2 Å². The molecule has 0 aliphatic carbocycles. The molecule has 2 aromatic rings. The third-order valence-corrected chi connectivity index (χ3v) is 3.39. The van der Waals surface area contributed by atoms with E-state index in [0.717, 1.165) is 17.8 Å². The van der Waals surface area contributed by atoms with Crippen LogP contribution in [0.5, 0.6) is 0 Å². The second-order valence-electron chi connectivity index (χ2n) is 5.22. The Morgan fingerprint density at radius 2 is 1.57 bits per heavy atom. The first-order valence-corrected chi connectivity index (χ1v) is 7.32. The van der Waals surface area contributed by atoms with E-state index >= 15 is 0 Å². The topological polar surface area (TPSA) is 32.3 Å². The first-order chi connectivity index (χ1) is 10.1. The number of benzene rings is 2. The Morgan fingerprint density at radius 1 is 1.00 bits per heavy atom. The Morgan fingerprint density at radius 3 is 2.10 bits per heavy atom. The lowest BCUT2D eigenvalue weighted by Crippen LogP contribution is -2.12. The minimum absolute atomic E-state index is 0.114. The summed E-state index contributed by atoms with van der Waals surface area (Å²) in [5.41, 5.74) is 3.64. The molecule has 4 heteroatoms. The summed E-state index contributed by atoms with van der Waals surface area (Å²) < 4.78 is 0. The van der Waals surface area contributed by atoms with Gasteiger partial charge in [-0.2, -0.15) is 0 Å². The summed E-state index contributed by atoms with van der Waals surface area (Å²) in [6.07, 6.45) is 0. The highest BCUT2D eigenvalue weighted by Gasteiger charge is 2.06. The number of carbonyl (C=O) groups excluding carboxylic acids is 1. The van der Waals surface area contributed by atoms with Gasteiger partial charge in [-0.05, 0) is 49.5 Å². The molecule has 3 nitrogen and oxygen atoms in total. The molecule has 0 atom stereocenters. The number of hydrogen-bond acceptors (Lipinski definition) is 2. The predicted molar refractivity (Wildman–Crippen MR) is 87.8 cm³/mol. The summed E-state index contributed by atoms with van der Waals surface area (Å²) in [5.74, 6) is 0.339. The minimum atomic E-state index is -0.114. The van der Waals surface area contributed by atoms with Crippen molar-refractivity contribution in [2.75, 3.05) is 19.4 Å². The van der Waals surface area contributed by atoms with Crippen LogP contribution in [-0.4, -0.2) is 24.9 Å². The first-order valence-electron chi connectivity index (χ1n) is 6.78. The summed E-state index contributed by atoms with van der Waals surface area (Å²) in [6.45, 7) is 0.883. The number of alkyl halides is 1. The van der Waals surface area contributed by atoms with Crippen molar-refractivity contribution in [2.45, 2.75) is 12.4 Å². The van der Waals surface area contributed by atoms with Crippen molar-refractivity contribution in [1.82, 2.24) is 4.90 Å². The Balaban J connectivity index is 2.01. The quantitative estimate of drug-likeness (QED) is 0.853. The number of anilines is 1. The molecule has 0 aromatic heterocycles. The van der Waals surface area contributed by atoms with Gasteiger partial charge in [0.1, 0.15) is 0 Å². The largest absolute Gasteiger partial charge is 0.322 e. The summed E-state index contributed by atoms with van der Waals surface area (Å²) in [7, 11) is 4.06. The molecule has 2 aromatic carbocycles. The number of hydrogen-bond donors (Lipinski definition) is 1. The van der Waals surface area contributed by atoms with Crippen LogP contribution in [0.25, 0.3) is 0 Å². The van der Waals surface area contributed by atoms with E-state index in [2.05, 4.69) is 10.2 Å². The molecular formula is C17H19ClN2O. The van der Waals surface area contributed by atoms with E-state index in [1.54, 1.807) is 12.1 Å². The van der Waals surface area contributed by atoms with Gasteiger partial charge in [-0.3, -0.25) is 4.79 Å². The number of nitrogens with one attached hydrogen (secondary N) is 1. The van der Waals surface area contributed by atoms with Gasteiger partial charge in [0.25, 0.3) is 5.91 Å². The van der Waals surface area contributed by atoms with Crippen LogP contribution in [0.1, 0.15) is 21.5 Å². The van der Waals surface area contributed by atoms with Crippen LogP contribution in [0.15, 0.2) is 48.5 Å². The van der Waals surface area contributed by atoms with E-state index in [1.807, 2.05) is 50.5 Å². The van der Waals surface area contributed by atoms with Gasteiger partial charge in [-0.15, -0.1) is 11.6 Å². The maximum atomic E-state index is 12.1. The van der Waals surface area contributed by atoms with Crippen LogP contribution in [-0.2, 0) is 12.4 Å². The molecule has 0 aliphatic rings. The zero-order chi connectivity index (χ0) is 15.2. The number of amides is 1. The van der Waals surface area contributed by atoms with Crippen molar-refractivity contribution in [3.63, 3.8) is 0 Å². The molecule has 2 rings (SSSR count). The van der Waals surface area contributed by atoms with Crippen LogP contribution in [0.3, 0.4) is 0 Å². The number of rotatable bonds is 5. The zero-order valence-corrected chi connectivity index (χ0v) is 13.0. The first kappa shape index (κ1) is 15.5. The normalized spacial score (nSPS) is 10.7. The second-order valence-corrected chi connectivity index (χ2v) is 5.49. The van der Waals surface area contributed by atoms with Gasteiger partial charge in [0.05, 0.1) is 0 Å². The van der Waals surface area contributed by atoms with Crippen molar-refractivity contribution in [1.29, 1.82) is 0 Å². The lowest BCUT2D eigenvalue weighted by molar-refractivity contribution is 0.102. The Labute approximate surface area is 130 Å². The zero-order valence-electron chi connectivity index (χ0n) is 12.3. The Bertz CT molecular complexity index is 591. The summed E-state index contributed by atoms with van der Waals surface area (Å²) in [5, 5.41) is 2.89. The summed E-state index contributed by atoms with van der Waals surface area (Å²) in [4.78, 5) is 14.2. The van der Waals surface area contributed by atoms with Gasteiger partial charge >= 0.3 is 0 Å². The van der Waals surface area contributed by atoms with Crippen LogP contribution in [0, 0.1) is 0 Å². The highest BCUT2D eigenvalue weighted by molar-refractivity contribution is 6.17. The summed E-state index contributed by atoms with van der Waals surface area (Å²) in [6, 6.07) is 15.2. The molecule has 0 bridgehead atoms. The number of halogens is 1. The fraction of sp³-hybridized carbons (Fsp3) is 0.235. The van der Waals surface area contributed by atoms with Crippen molar-refractivity contribution in [3.05, 3.63) is 65.2 Å². The van der Waals surface area contributed by atoms with Gasteiger partial charge in [-0.1, -0.05) is 24.3 Å². The predicted octanol–water partition coefficient (Wildman–Crippen LogP) is 3.74. The molecular weight excluding hydrogens is 284 g/mol. The maximum absolute atomic E-state index is 12.1. The van der Waals surface area contributed by atoms with Crippen molar-refractivity contribution in [3.8, 4) is 0 Å². The van der Waals surface area contributed by atoms with E-state index in [1.165, 1.54) is 5.56 Å². The van der Waals surface area contributed by atoms with Crippen LogP contribution < -0.4 is 5.32 Å². The molecule has 1 amide bonds. The van der Waals surface area contributed by atoms with E-state index in [-0.39, 0.29) is 5.91 Å². The van der Waals surface area contributed by atoms with Crippen molar-refractivity contribution in [2.24, 2.45) is 0 Å². The summed E-state index contributed by atoms with van der Waals surface area (Å²) >= 11 is 5.74. The van der Waals surface area contributed by atoms with E-state index in [9.17, 15) is 4.79 Å². The molecule has 21 heavy (non-hydrogen) atoms. The lowest BCUT2D eigenvalue weighted by Gasteiger charge is -2.10. The molecule has 0 heterocycles. The Kier molecular flexibility index (Phi) is 5.37. The standard InChI is InChI=1S/C17H19ClN2O/c1-20(2)12-14-5-9-16(10-6-14)19-17(21)15-7-3-13(11-18)4-8-15/h3-10H,11-12H2,1-2H3,(H,19,21). The van der Waals surface area contributed by atoms with Crippen LogP contribution >= 0.6 is 11.6 Å². The maximum Gasteiger partial charge on any atom is 0.255 e. The fourth-order valence-corrected chi connectivity index (χ4v) is 2.19. The molecule has 0 saturated heterocycles. The van der Waals surface area contributed by atoms with Crippen LogP contribution in [0.2, 0.25) is 0 Å². The average Bonchev–Trinajstić information content (AvgIpc) is 2.49. The Hall–Kier alpha value is -1.84. The average molecular weight is 303 g/mol. The molecule has 0 aliphatic heterocycles. The molecule has 0 saturated carbocycles. The SMILES string of the molecule is CN(C)Cc1ccc(NC(=O)c2ccc(CCl)cc2)cc1. The van der Waals surface area contributed by atoms with E-state index < -0.39 is 0 Å². The van der Waals surface area contributed by atoms with Crippen LogP contribution in [0.4, 0.5) is 5.69 Å². The highest BCUT2D eigenvalue weighted by atomic mass is 35.5. The highest BCUT2D eigenvalue weighted by Crippen LogP contribution is 2.13.